The van der Waals surface area contributed by atoms with Crippen molar-refractivity contribution in [3.63, 3.8) is 0 Å². The summed E-state index contributed by atoms with van der Waals surface area (Å²) in [6, 6.07) is 16.7. The van der Waals surface area contributed by atoms with Crippen molar-refractivity contribution in [1.82, 2.24) is 9.97 Å². The average molecular weight is 349 g/mol. The van der Waals surface area contributed by atoms with Crippen molar-refractivity contribution in [3.8, 4) is 22.8 Å². The fourth-order valence-electron chi connectivity index (χ4n) is 2.57. The molecule has 0 spiro atoms. The summed E-state index contributed by atoms with van der Waals surface area (Å²) < 4.78 is 10.5. The predicted octanol–water partition coefficient (Wildman–Crippen LogP) is 3.34. The standard InChI is InChI=1S/C20H19N3O3/c1-25-16-8-5-7-14(10-16)17-12-19(22-13-21-17)23-20(24)11-15-6-3-4-9-18(15)26-2/h3-10,12-13H,11H2,1-2H3,(H,21,22,23,24). The lowest BCUT2D eigenvalue weighted by molar-refractivity contribution is -0.115. The van der Waals surface area contributed by atoms with Gasteiger partial charge in [-0.05, 0) is 18.2 Å². The average Bonchev–Trinajstić information content (AvgIpc) is 2.68. The van der Waals surface area contributed by atoms with Crippen LogP contribution in [0.2, 0.25) is 0 Å². The van der Waals surface area contributed by atoms with Gasteiger partial charge < -0.3 is 14.8 Å². The number of carbonyl (C=O) groups is 1. The highest BCUT2D eigenvalue weighted by Crippen LogP contribution is 2.23. The number of para-hydroxylation sites is 1. The van der Waals surface area contributed by atoms with Gasteiger partial charge in [-0.3, -0.25) is 4.79 Å². The summed E-state index contributed by atoms with van der Waals surface area (Å²) in [4.78, 5) is 20.7. The molecule has 3 aromatic rings. The molecule has 1 N–H and O–H groups in total. The largest absolute Gasteiger partial charge is 0.497 e. The summed E-state index contributed by atoms with van der Waals surface area (Å²) in [6.07, 6.45) is 1.62. The Kier molecular flexibility index (Phi) is 5.43. The number of anilines is 1. The van der Waals surface area contributed by atoms with E-state index in [9.17, 15) is 4.79 Å². The van der Waals surface area contributed by atoms with E-state index in [2.05, 4.69) is 15.3 Å². The van der Waals surface area contributed by atoms with Crippen LogP contribution in [0.3, 0.4) is 0 Å². The predicted molar refractivity (Wildman–Crippen MR) is 99.3 cm³/mol. The minimum atomic E-state index is -0.176. The summed E-state index contributed by atoms with van der Waals surface area (Å²) in [5, 5.41) is 2.80. The second-order valence-electron chi connectivity index (χ2n) is 5.56. The van der Waals surface area contributed by atoms with Gasteiger partial charge in [-0.2, -0.15) is 0 Å². The fraction of sp³-hybridized carbons (Fsp3) is 0.150. The number of hydrogen-bond acceptors (Lipinski definition) is 5. The minimum Gasteiger partial charge on any atom is -0.497 e. The van der Waals surface area contributed by atoms with Gasteiger partial charge in [-0.25, -0.2) is 9.97 Å². The number of carbonyl (C=O) groups excluding carboxylic acids is 1. The second-order valence-corrected chi connectivity index (χ2v) is 5.56. The molecule has 0 unspecified atom stereocenters. The molecular formula is C20H19N3O3. The molecule has 0 aliphatic carbocycles. The Labute approximate surface area is 151 Å². The van der Waals surface area contributed by atoms with Gasteiger partial charge >= 0.3 is 0 Å². The highest BCUT2D eigenvalue weighted by Gasteiger charge is 2.10. The van der Waals surface area contributed by atoms with Crippen LogP contribution < -0.4 is 14.8 Å². The Balaban J connectivity index is 1.75. The van der Waals surface area contributed by atoms with E-state index in [1.807, 2.05) is 48.5 Å². The molecule has 26 heavy (non-hydrogen) atoms. The Hall–Kier alpha value is -3.41. The van der Waals surface area contributed by atoms with Gasteiger partial charge in [0.15, 0.2) is 0 Å². The first-order valence-corrected chi connectivity index (χ1v) is 8.08. The van der Waals surface area contributed by atoms with E-state index in [1.165, 1.54) is 6.33 Å². The van der Waals surface area contributed by atoms with Gasteiger partial charge in [0.2, 0.25) is 5.91 Å². The zero-order chi connectivity index (χ0) is 18.4. The third-order valence-corrected chi connectivity index (χ3v) is 3.84. The summed E-state index contributed by atoms with van der Waals surface area (Å²) in [5.41, 5.74) is 2.40. The van der Waals surface area contributed by atoms with Crippen LogP contribution in [-0.2, 0) is 11.2 Å². The molecule has 0 aliphatic heterocycles. The maximum Gasteiger partial charge on any atom is 0.230 e. The Morgan fingerprint density at radius 2 is 1.85 bits per heavy atom. The fourth-order valence-corrected chi connectivity index (χ4v) is 2.57. The first-order valence-electron chi connectivity index (χ1n) is 8.08. The van der Waals surface area contributed by atoms with Crippen molar-refractivity contribution in [3.05, 3.63) is 66.5 Å². The Morgan fingerprint density at radius 1 is 1.00 bits per heavy atom. The molecule has 0 aliphatic rings. The molecule has 6 heteroatoms. The number of rotatable bonds is 6. The van der Waals surface area contributed by atoms with Gasteiger partial charge in [0.1, 0.15) is 23.6 Å². The zero-order valence-corrected chi connectivity index (χ0v) is 14.6. The van der Waals surface area contributed by atoms with E-state index in [-0.39, 0.29) is 12.3 Å². The number of benzene rings is 2. The molecule has 1 heterocycles. The van der Waals surface area contributed by atoms with Crippen molar-refractivity contribution < 1.29 is 14.3 Å². The van der Waals surface area contributed by atoms with Crippen LogP contribution in [0.5, 0.6) is 11.5 Å². The van der Waals surface area contributed by atoms with E-state index in [1.54, 1.807) is 20.3 Å². The molecule has 3 rings (SSSR count). The monoisotopic (exact) mass is 349 g/mol. The van der Waals surface area contributed by atoms with Gasteiger partial charge in [0, 0.05) is 17.2 Å². The van der Waals surface area contributed by atoms with E-state index in [0.29, 0.717) is 17.3 Å². The van der Waals surface area contributed by atoms with Crippen LogP contribution in [0.15, 0.2) is 60.9 Å². The van der Waals surface area contributed by atoms with E-state index < -0.39 is 0 Å². The minimum absolute atomic E-state index is 0.176. The van der Waals surface area contributed by atoms with Crippen molar-refractivity contribution >= 4 is 11.7 Å². The number of nitrogens with zero attached hydrogens (tertiary/aromatic N) is 2. The Bertz CT molecular complexity index is 912. The van der Waals surface area contributed by atoms with Gasteiger partial charge in [-0.1, -0.05) is 30.3 Å². The van der Waals surface area contributed by atoms with Crippen LogP contribution in [0.4, 0.5) is 5.82 Å². The maximum atomic E-state index is 12.4. The normalized spacial score (nSPS) is 10.2. The zero-order valence-electron chi connectivity index (χ0n) is 14.6. The van der Waals surface area contributed by atoms with Crippen LogP contribution in [0, 0.1) is 0 Å². The molecule has 0 saturated heterocycles. The number of methoxy groups -OCH3 is 2. The van der Waals surface area contributed by atoms with E-state index in [4.69, 9.17) is 9.47 Å². The first-order chi connectivity index (χ1) is 12.7. The quantitative estimate of drug-likeness (QED) is 0.739. The molecule has 132 valence electrons. The first kappa shape index (κ1) is 17.4. The van der Waals surface area contributed by atoms with Crippen LogP contribution in [0.1, 0.15) is 5.56 Å². The molecule has 6 nitrogen and oxygen atoms in total. The van der Waals surface area contributed by atoms with E-state index in [0.717, 1.165) is 16.9 Å². The highest BCUT2D eigenvalue weighted by molar-refractivity contribution is 5.92. The van der Waals surface area contributed by atoms with Crippen molar-refractivity contribution in [2.24, 2.45) is 0 Å². The molecule has 1 aromatic heterocycles. The summed E-state index contributed by atoms with van der Waals surface area (Å²) in [7, 11) is 3.20. The van der Waals surface area contributed by atoms with Gasteiger partial charge in [0.05, 0.1) is 26.3 Å². The highest BCUT2D eigenvalue weighted by atomic mass is 16.5. The van der Waals surface area contributed by atoms with Crippen molar-refractivity contribution in [1.29, 1.82) is 0 Å². The lowest BCUT2D eigenvalue weighted by Gasteiger charge is -2.09. The molecule has 2 aromatic carbocycles. The number of amides is 1. The number of nitrogens with one attached hydrogen (secondary N) is 1. The third-order valence-electron chi connectivity index (χ3n) is 3.84. The molecule has 0 fully saturated rings. The third kappa shape index (κ3) is 4.16. The lowest BCUT2D eigenvalue weighted by atomic mass is 10.1. The number of aromatic nitrogens is 2. The molecule has 0 atom stereocenters. The van der Waals surface area contributed by atoms with Gasteiger partial charge in [0.25, 0.3) is 0 Å². The molecule has 0 saturated carbocycles. The Morgan fingerprint density at radius 3 is 2.65 bits per heavy atom. The summed E-state index contributed by atoms with van der Waals surface area (Å²) in [6.45, 7) is 0. The number of ether oxygens (including phenoxy) is 2. The van der Waals surface area contributed by atoms with Crippen molar-refractivity contribution in [2.75, 3.05) is 19.5 Å². The van der Waals surface area contributed by atoms with Crippen LogP contribution in [-0.4, -0.2) is 30.1 Å². The van der Waals surface area contributed by atoms with Crippen LogP contribution >= 0.6 is 0 Å². The SMILES string of the molecule is COc1cccc(-c2cc(NC(=O)Cc3ccccc3OC)ncn2)c1. The van der Waals surface area contributed by atoms with Crippen molar-refractivity contribution in [2.45, 2.75) is 6.42 Å². The van der Waals surface area contributed by atoms with Gasteiger partial charge in [-0.15, -0.1) is 0 Å². The number of hydrogen-bond donors (Lipinski definition) is 1. The molecular weight excluding hydrogens is 330 g/mol. The second kappa shape index (κ2) is 8.11. The topological polar surface area (TPSA) is 73.3 Å². The van der Waals surface area contributed by atoms with E-state index >= 15 is 0 Å². The smallest absolute Gasteiger partial charge is 0.230 e. The molecule has 0 bridgehead atoms. The molecule has 1 amide bonds. The lowest BCUT2D eigenvalue weighted by Crippen LogP contribution is -2.16. The summed E-state index contributed by atoms with van der Waals surface area (Å²) in [5.74, 6) is 1.69. The summed E-state index contributed by atoms with van der Waals surface area (Å²) >= 11 is 0. The van der Waals surface area contributed by atoms with Crippen LogP contribution in [0.25, 0.3) is 11.3 Å². The maximum absolute atomic E-state index is 12.4. The molecule has 0 radical (unpaired) electrons.